The van der Waals surface area contributed by atoms with Gasteiger partial charge in [0, 0.05) is 44.9 Å². The standard InChI is InChI=1S/C44H26N2O/c1-2-10-28(11-3-1)43-37-21-20-35-30-12-8-9-17-39(30)47-44(35)42(37)36-19-18-29(26-38(36)46-43)41-33-15-6-4-13-31(33)40(27-22-24-45-25-23-27)32-14-5-7-16-34(32)41/h1-26H. The molecule has 3 aromatic heterocycles. The highest BCUT2D eigenvalue weighted by atomic mass is 16.3. The lowest BCUT2D eigenvalue weighted by Crippen LogP contribution is -1.93. The van der Waals surface area contributed by atoms with Crippen molar-refractivity contribution in [1.82, 2.24) is 9.97 Å². The van der Waals surface area contributed by atoms with Gasteiger partial charge in [0.25, 0.3) is 0 Å². The molecule has 0 N–H and O–H groups in total. The molecule has 3 heteroatoms. The van der Waals surface area contributed by atoms with Gasteiger partial charge in [0.2, 0.25) is 0 Å². The Hall–Kier alpha value is -6.32. The van der Waals surface area contributed by atoms with E-state index < -0.39 is 0 Å². The molecule has 3 nitrogen and oxygen atoms in total. The van der Waals surface area contributed by atoms with Crippen molar-refractivity contribution in [3.8, 4) is 33.5 Å². The fourth-order valence-electron chi connectivity index (χ4n) is 7.51. The van der Waals surface area contributed by atoms with Gasteiger partial charge < -0.3 is 4.42 Å². The number of fused-ring (bicyclic) bond motifs is 9. The lowest BCUT2D eigenvalue weighted by Gasteiger charge is -2.18. The van der Waals surface area contributed by atoms with Crippen LogP contribution in [0.2, 0.25) is 0 Å². The Balaban J connectivity index is 1.33. The predicted molar refractivity (Wildman–Crippen MR) is 196 cm³/mol. The molecule has 0 aliphatic carbocycles. The normalized spacial score (nSPS) is 11.8. The highest BCUT2D eigenvalue weighted by Crippen LogP contribution is 2.45. The van der Waals surface area contributed by atoms with Gasteiger partial charge >= 0.3 is 0 Å². The lowest BCUT2D eigenvalue weighted by molar-refractivity contribution is 0.673. The number of hydrogen-bond donors (Lipinski definition) is 0. The Morgan fingerprint density at radius 2 is 0.979 bits per heavy atom. The second-order valence-electron chi connectivity index (χ2n) is 12.1. The Bertz CT molecular complexity index is 2780. The van der Waals surface area contributed by atoms with Crippen LogP contribution in [0.1, 0.15) is 0 Å². The molecule has 0 aliphatic heterocycles. The summed E-state index contributed by atoms with van der Waals surface area (Å²) in [6.07, 6.45) is 3.74. The van der Waals surface area contributed by atoms with Crippen molar-refractivity contribution in [2.45, 2.75) is 0 Å². The minimum absolute atomic E-state index is 0.894. The number of hydrogen-bond acceptors (Lipinski definition) is 3. The van der Waals surface area contributed by atoms with Gasteiger partial charge in [-0.15, -0.1) is 0 Å². The molecule has 218 valence electrons. The molecule has 0 spiro atoms. The van der Waals surface area contributed by atoms with Gasteiger partial charge in [0.15, 0.2) is 0 Å². The van der Waals surface area contributed by atoms with E-state index in [0.29, 0.717) is 0 Å². The van der Waals surface area contributed by atoms with Crippen molar-refractivity contribution >= 4 is 65.2 Å². The second kappa shape index (κ2) is 10.1. The van der Waals surface area contributed by atoms with Gasteiger partial charge in [-0.3, -0.25) is 4.98 Å². The van der Waals surface area contributed by atoms with E-state index in [4.69, 9.17) is 9.40 Å². The molecular weight excluding hydrogens is 572 g/mol. The van der Waals surface area contributed by atoms with Crippen LogP contribution in [0.15, 0.2) is 162 Å². The van der Waals surface area contributed by atoms with Crippen molar-refractivity contribution in [1.29, 1.82) is 0 Å². The number of pyridine rings is 2. The van der Waals surface area contributed by atoms with Crippen LogP contribution >= 0.6 is 0 Å². The van der Waals surface area contributed by atoms with Gasteiger partial charge in [-0.2, -0.15) is 0 Å². The summed E-state index contributed by atoms with van der Waals surface area (Å²) in [6.45, 7) is 0. The number of rotatable bonds is 3. The average Bonchev–Trinajstić information content (AvgIpc) is 3.53. The Morgan fingerprint density at radius 1 is 0.404 bits per heavy atom. The number of para-hydroxylation sites is 1. The minimum atomic E-state index is 0.894. The first-order valence-corrected chi connectivity index (χ1v) is 15.9. The fourth-order valence-corrected chi connectivity index (χ4v) is 7.51. The zero-order chi connectivity index (χ0) is 30.9. The maximum Gasteiger partial charge on any atom is 0.144 e. The third-order valence-electron chi connectivity index (χ3n) is 9.54. The fraction of sp³-hybridized carbons (Fsp3) is 0. The van der Waals surface area contributed by atoms with Crippen LogP contribution in [0.4, 0.5) is 0 Å². The zero-order valence-electron chi connectivity index (χ0n) is 25.3. The van der Waals surface area contributed by atoms with Gasteiger partial charge in [-0.25, -0.2) is 4.98 Å². The van der Waals surface area contributed by atoms with Gasteiger partial charge in [0.1, 0.15) is 11.2 Å². The molecule has 47 heavy (non-hydrogen) atoms. The van der Waals surface area contributed by atoms with Crippen molar-refractivity contribution < 1.29 is 4.42 Å². The maximum absolute atomic E-state index is 6.62. The molecule has 0 atom stereocenters. The molecule has 0 aliphatic rings. The molecule has 3 heterocycles. The number of nitrogens with zero attached hydrogens (tertiary/aromatic N) is 2. The summed E-state index contributed by atoms with van der Waals surface area (Å²) in [5.41, 5.74) is 9.50. The lowest BCUT2D eigenvalue weighted by atomic mass is 9.86. The largest absolute Gasteiger partial charge is 0.455 e. The van der Waals surface area contributed by atoms with Crippen LogP contribution in [0.5, 0.6) is 0 Å². The molecule has 10 rings (SSSR count). The third-order valence-corrected chi connectivity index (χ3v) is 9.54. The molecule has 0 radical (unpaired) electrons. The van der Waals surface area contributed by atoms with E-state index in [0.717, 1.165) is 66.0 Å². The molecule has 7 aromatic carbocycles. The van der Waals surface area contributed by atoms with Gasteiger partial charge in [0.05, 0.1) is 11.2 Å². The van der Waals surface area contributed by atoms with Crippen LogP contribution in [-0.2, 0) is 0 Å². The van der Waals surface area contributed by atoms with Crippen molar-refractivity contribution in [3.05, 3.63) is 158 Å². The summed E-state index contributed by atoms with van der Waals surface area (Å²) in [6, 6.07) is 51.6. The SMILES string of the molecule is c1ccc(-c2nc3cc(-c4c5ccccc5c(-c5ccncc5)c5ccccc45)ccc3c3c2ccc2c4ccccc4oc23)cc1. The van der Waals surface area contributed by atoms with Crippen LogP contribution in [-0.4, -0.2) is 9.97 Å². The van der Waals surface area contributed by atoms with Crippen LogP contribution in [0.25, 0.3) is 98.7 Å². The van der Waals surface area contributed by atoms with E-state index in [-0.39, 0.29) is 0 Å². The van der Waals surface area contributed by atoms with E-state index in [1.807, 2.05) is 30.6 Å². The second-order valence-corrected chi connectivity index (χ2v) is 12.1. The smallest absolute Gasteiger partial charge is 0.144 e. The van der Waals surface area contributed by atoms with Crippen molar-refractivity contribution in [2.24, 2.45) is 0 Å². The summed E-state index contributed by atoms with van der Waals surface area (Å²) >= 11 is 0. The van der Waals surface area contributed by atoms with Crippen LogP contribution in [0, 0.1) is 0 Å². The minimum Gasteiger partial charge on any atom is -0.455 e. The zero-order valence-corrected chi connectivity index (χ0v) is 25.3. The highest BCUT2D eigenvalue weighted by molar-refractivity contribution is 6.26. The summed E-state index contributed by atoms with van der Waals surface area (Å²) in [5, 5.41) is 10.3. The maximum atomic E-state index is 6.62. The molecule has 0 amide bonds. The van der Waals surface area contributed by atoms with Gasteiger partial charge in [-0.05, 0) is 74.1 Å². The number of furan rings is 1. The topological polar surface area (TPSA) is 38.9 Å². The van der Waals surface area contributed by atoms with Crippen LogP contribution < -0.4 is 0 Å². The third kappa shape index (κ3) is 3.87. The average molecular weight is 599 g/mol. The molecule has 0 bridgehead atoms. The molecule has 0 unspecified atom stereocenters. The Kier molecular flexibility index (Phi) is 5.57. The first-order valence-electron chi connectivity index (χ1n) is 15.9. The summed E-state index contributed by atoms with van der Waals surface area (Å²) in [5.74, 6) is 0. The molecule has 0 saturated heterocycles. The Morgan fingerprint density at radius 3 is 1.68 bits per heavy atom. The van der Waals surface area contributed by atoms with Crippen molar-refractivity contribution in [3.63, 3.8) is 0 Å². The van der Waals surface area contributed by atoms with E-state index in [9.17, 15) is 0 Å². The van der Waals surface area contributed by atoms with Crippen molar-refractivity contribution in [2.75, 3.05) is 0 Å². The van der Waals surface area contributed by atoms with E-state index in [1.54, 1.807) is 0 Å². The molecule has 0 saturated carbocycles. The summed E-state index contributed by atoms with van der Waals surface area (Å²) in [4.78, 5) is 9.69. The van der Waals surface area contributed by atoms with E-state index in [2.05, 4.69) is 132 Å². The number of benzene rings is 7. The summed E-state index contributed by atoms with van der Waals surface area (Å²) < 4.78 is 6.62. The summed E-state index contributed by atoms with van der Waals surface area (Å²) in [7, 11) is 0. The Labute approximate surface area is 270 Å². The van der Waals surface area contributed by atoms with Crippen LogP contribution in [0.3, 0.4) is 0 Å². The first-order chi connectivity index (χ1) is 23.3. The first kappa shape index (κ1) is 26.0. The van der Waals surface area contributed by atoms with E-state index >= 15 is 0 Å². The molecular formula is C44H26N2O. The monoisotopic (exact) mass is 598 g/mol. The molecule has 0 fully saturated rings. The number of aromatic nitrogens is 2. The molecule has 10 aromatic rings. The van der Waals surface area contributed by atoms with Gasteiger partial charge in [-0.1, -0.05) is 115 Å². The van der Waals surface area contributed by atoms with E-state index in [1.165, 1.54) is 32.7 Å². The predicted octanol–water partition coefficient (Wildman–Crippen LogP) is 12.0. The quantitative estimate of drug-likeness (QED) is 0.150. The highest BCUT2D eigenvalue weighted by Gasteiger charge is 2.20.